The van der Waals surface area contributed by atoms with Crippen LogP contribution in [0.2, 0.25) is 0 Å². The molecule has 0 saturated carbocycles. The third-order valence-electron chi connectivity index (χ3n) is 2.55. The molecule has 0 radical (unpaired) electrons. The summed E-state index contributed by atoms with van der Waals surface area (Å²) in [5, 5.41) is 17.0. The van der Waals surface area contributed by atoms with Crippen molar-refractivity contribution in [1.82, 2.24) is 4.98 Å². The van der Waals surface area contributed by atoms with Gasteiger partial charge in [0.15, 0.2) is 5.75 Å². The SMILES string of the molecule is CCCOc1cc(NCc2nccs2)ccc1[N+](=O)[O-]. The fraction of sp³-hybridized carbons (Fsp3) is 0.308. The first-order valence-electron chi connectivity index (χ1n) is 6.24. The van der Waals surface area contributed by atoms with Crippen molar-refractivity contribution >= 4 is 22.7 Å². The maximum absolute atomic E-state index is 10.9. The van der Waals surface area contributed by atoms with Crippen LogP contribution in [0.5, 0.6) is 5.75 Å². The Morgan fingerprint density at radius 2 is 2.35 bits per heavy atom. The minimum Gasteiger partial charge on any atom is -0.487 e. The highest BCUT2D eigenvalue weighted by atomic mass is 32.1. The number of rotatable bonds is 7. The molecule has 0 bridgehead atoms. The number of thiazole rings is 1. The summed E-state index contributed by atoms with van der Waals surface area (Å²) in [6, 6.07) is 4.78. The molecule has 7 heteroatoms. The van der Waals surface area contributed by atoms with Crippen LogP contribution in [0.1, 0.15) is 18.4 Å². The fourth-order valence-electron chi connectivity index (χ4n) is 1.62. The molecule has 0 aliphatic heterocycles. The Kier molecular flexibility index (Phi) is 4.89. The number of ether oxygens (including phenoxy) is 1. The van der Waals surface area contributed by atoms with Crippen LogP contribution in [0.3, 0.4) is 0 Å². The van der Waals surface area contributed by atoms with E-state index in [-0.39, 0.29) is 5.69 Å². The lowest BCUT2D eigenvalue weighted by Crippen LogP contribution is -2.02. The highest BCUT2D eigenvalue weighted by Gasteiger charge is 2.15. The summed E-state index contributed by atoms with van der Waals surface area (Å²) in [6.45, 7) is 3.00. The second-order valence-corrected chi connectivity index (χ2v) is 5.05. The number of aromatic nitrogens is 1. The zero-order chi connectivity index (χ0) is 14.4. The third-order valence-corrected chi connectivity index (χ3v) is 3.33. The van der Waals surface area contributed by atoms with Gasteiger partial charge in [0.2, 0.25) is 0 Å². The van der Waals surface area contributed by atoms with E-state index >= 15 is 0 Å². The molecule has 0 atom stereocenters. The Bertz CT molecular complexity index is 572. The molecular weight excluding hydrogens is 278 g/mol. The number of nitro benzene ring substituents is 1. The minimum absolute atomic E-state index is 0.0155. The van der Waals surface area contributed by atoms with E-state index in [0.717, 1.165) is 17.1 Å². The maximum atomic E-state index is 10.9. The zero-order valence-corrected chi connectivity index (χ0v) is 11.9. The van der Waals surface area contributed by atoms with E-state index < -0.39 is 4.92 Å². The van der Waals surface area contributed by atoms with Crippen LogP contribution in [0.15, 0.2) is 29.8 Å². The molecule has 106 valence electrons. The Labute approximate surface area is 120 Å². The van der Waals surface area contributed by atoms with Crippen molar-refractivity contribution in [2.24, 2.45) is 0 Å². The molecule has 1 heterocycles. The molecule has 0 aliphatic carbocycles. The average Bonchev–Trinajstić information content (AvgIpc) is 2.96. The number of nitro groups is 1. The quantitative estimate of drug-likeness (QED) is 0.625. The van der Waals surface area contributed by atoms with Crippen LogP contribution < -0.4 is 10.1 Å². The molecule has 1 aromatic heterocycles. The van der Waals surface area contributed by atoms with Gasteiger partial charge in [0, 0.05) is 29.4 Å². The molecule has 1 N–H and O–H groups in total. The van der Waals surface area contributed by atoms with Crippen molar-refractivity contribution in [1.29, 1.82) is 0 Å². The highest BCUT2D eigenvalue weighted by Crippen LogP contribution is 2.30. The average molecular weight is 293 g/mol. The van der Waals surface area contributed by atoms with Gasteiger partial charge in [-0.25, -0.2) is 4.98 Å². The molecule has 20 heavy (non-hydrogen) atoms. The van der Waals surface area contributed by atoms with Crippen LogP contribution in [0.25, 0.3) is 0 Å². The van der Waals surface area contributed by atoms with Gasteiger partial charge < -0.3 is 10.1 Å². The summed E-state index contributed by atoms with van der Waals surface area (Å²) in [7, 11) is 0. The number of nitrogens with one attached hydrogen (secondary N) is 1. The molecule has 0 aliphatic rings. The molecule has 0 spiro atoms. The number of benzene rings is 1. The Balaban J connectivity index is 2.11. The third kappa shape index (κ3) is 3.67. The zero-order valence-electron chi connectivity index (χ0n) is 11.0. The normalized spacial score (nSPS) is 10.2. The minimum atomic E-state index is -0.435. The molecule has 0 saturated heterocycles. The van der Waals surface area contributed by atoms with Gasteiger partial charge in [0.05, 0.1) is 18.1 Å². The Morgan fingerprint density at radius 1 is 1.50 bits per heavy atom. The van der Waals surface area contributed by atoms with E-state index in [1.807, 2.05) is 12.3 Å². The van der Waals surface area contributed by atoms with E-state index in [0.29, 0.717) is 18.9 Å². The second-order valence-electron chi connectivity index (χ2n) is 4.07. The van der Waals surface area contributed by atoms with E-state index in [9.17, 15) is 10.1 Å². The van der Waals surface area contributed by atoms with Gasteiger partial charge in [-0.15, -0.1) is 11.3 Å². The van der Waals surface area contributed by atoms with Gasteiger partial charge in [-0.05, 0) is 12.5 Å². The Morgan fingerprint density at radius 3 is 3.00 bits per heavy atom. The van der Waals surface area contributed by atoms with Crippen LogP contribution in [0.4, 0.5) is 11.4 Å². The largest absolute Gasteiger partial charge is 0.487 e. The van der Waals surface area contributed by atoms with E-state index in [1.165, 1.54) is 6.07 Å². The monoisotopic (exact) mass is 293 g/mol. The molecule has 2 rings (SSSR count). The molecular formula is C13H15N3O3S. The lowest BCUT2D eigenvalue weighted by molar-refractivity contribution is -0.385. The van der Waals surface area contributed by atoms with Crippen molar-refractivity contribution in [2.45, 2.75) is 19.9 Å². The van der Waals surface area contributed by atoms with Crippen LogP contribution in [-0.4, -0.2) is 16.5 Å². The standard InChI is InChI=1S/C13H15N3O3S/c1-2-6-19-12-8-10(3-4-11(12)16(17)18)15-9-13-14-5-7-20-13/h3-5,7-8,15H,2,6,9H2,1H3. The fourth-order valence-corrected chi connectivity index (χ4v) is 2.18. The number of anilines is 1. The van der Waals surface area contributed by atoms with Gasteiger partial charge in [0.1, 0.15) is 5.01 Å². The number of hydrogen-bond donors (Lipinski definition) is 1. The van der Waals surface area contributed by atoms with Gasteiger partial charge in [-0.2, -0.15) is 0 Å². The first-order chi connectivity index (χ1) is 9.70. The molecule has 0 fully saturated rings. The molecule has 0 amide bonds. The molecule has 1 aromatic carbocycles. The summed E-state index contributed by atoms with van der Waals surface area (Å²) in [5.74, 6) is 0.293. The van der Waals surface area contributed by atoms with E-state index in [2.05, 4.69) is 10.3 Å². The molecule has 0 unspecified atom stereocenters. The van der Waals surface area contributed by atoms with Crippen LogP contribution >= 0.6 is 11.3 Å². The van der Waals surface area contributed by atoms with Crippen molar-refractivity contribution in [3.8, 4) is 5.75 Å². The van der Waals surface area contributed by atoms with Gasteiger partial charge in [-0.1, -0.05) is 6.92 Å². The van der Waals surface area contributed by atoms with Crippen LogP contribution in [0, 0.1) is 10.1 Å². The maximum Gasteiger partial charge on any atom is 0.311 e. The number of hydrogen-bond acceptors (Lipinski definition) is 6. The van der Waals surface area contributed by atoms with Crippen molar-refractivity contribution in [2.75, 3.05) is 11.9 Å². The smallest absolute Gasteiger partial charge is 0.311 e. The lowest BCUT2D eigenvalue weighted by Gasteiger charge is -2.09. The summed E-state index contributed by atoms with van der Waals surface area (Å²) in [4.78, 5) is 14.7. The molecule has 6 nitrogen and oxygen atoms in total. The van der Waals surface area contributed by atoms with Gasteiger partial charge >= 0.3 is 5.69 Å². The highest BCUT2D eigenvalue weighted by molar-refractivity contribution is 7.09. The second kappa shape index (κ2) is 6.85. The van der Waals surface area contributed by atoms with Crippen molar-refractivity contribution < 1.29 is 9.66 Å². The predicted molar refractivity (Wildman–Crippen MR) is 78.3 cm³/mol. The first-order valence-corrected chi connectivity index (χ1v) is 7.12. The van der Waals surface area contributed by atoms with Crippen molar-refractivity contribution in [3.05, 3.63) is 44.9 Å². The predicted octanol–water partition coefficient (Wildman–Crippen LogP) is 3.45. The molecule has 2 aromatic rings. The lowest BCUT2D eigenvalue weighted by atomic mass is 10.2. The summed E-state index contributed by atoms with van der Waals surface area (Å²) >= 11 is 1.56. The van der Waals surface area contributed by atoms with Crippen molar-refractivity contribution in [3.63, 3.8) is 0 Å². The summed E-state index contributed by atoms with van der Waals surface area (Å²) in [6.07, 6.45) is 2.54. The first kappa shape index (κ1) is 14.3. The summed E-state index contributed by atoms with van der Waals surface area (Å²) in [5.41, 5.74) is 0.759. The Hall–Kier alpha value is -2.15. The van der Waals surface area contributed by atoms with Gasteiger partial charge in [-0.3, -0.25) is 10.1 Å². The van der Waals surface area contributed by atoms with E-state index in [1.54, 1.807) is 29.7 Å². The van der Waals surface area contributed by atoms with Gasteiger partial charge in [0.25, 0.3) is 0 Å². The topological polar surface area (TPSA) is 77.3 Å². The number of nitrogens with zero attached hydrogens (tertiary/aromatic N) is 2. The summed E-state index contributed by atoms with van der Waals surface area (Å²) < 4.78 is 5.43. The van der Waals surface area contributed by atoms with E-state index in [4.69, 9.17) is 4.74 Å². The van der Waals surface area contributed by atoms with Crippen LogP contribution in [-0.2, 0) is 6.54 Å².